The van der Waals surface area contributed by atoms with Gasteiger partial charge in [-0.1, -0.05) is 30.3 Å². The summed E-state index contributed by atoms with van der Waals surface area (Å²) in [5.41, 5.74) is 4.53. The number of aromatic nitrogens is 2. The van der Waals surface area contributed by atoms with E-state index in [0.717, 1.165) is 48.3 Å². The van der Waals surface area contributed by atoms with E-state index in [9.17, 15) is 9.90 Å². The number of aryl methyl sites for hydroxylation is 2. The van der Waals surface area contributed by atoms with Gasteiger partial charge in [-0.15, -0.1) is 0 Å². The smallest absolute Gasteiger partial charge is 0.255 e. The molecule has 1 amide bonds. The Morgan fingerprint density at radius 3 is 2.53 bits per heavy atom. The fourth-order valence-electron chi connectivity index (χ4n) is 3.77. The average Bonchev–Trinajstić information content (AvgIpc) is 3.41. The maximum atomic E-state index is 12.7. The molecule has 0 saturated heterocycles. The zero-order chi connectivity index (χ0) is 23.6. The van der Waals surface area contributed by atoms with E-state index in [-0.39, 0.29) is 5.91 Å². The standard InChI is InChI=1S/C28H30N4O2/c33-27(25-7-4-14-29-20-25)21-30-15-12-22-8-10-26(11-9-22)31-28(34)24-6-3-5-23(19-24)13-18-32-16-1-2-17-32/h1-11,14,16-17,19-20,27,30,33H,12-13,15,18,21H2,(H,31,34)/t27-/m0/s1. The van der Waals surface area contributed by atoms with Gasteiger partial charge in [-0.25, -0.2) is 0 Å². The van der Waals surface area contributed by atoms with Crippen LogP contribution in [0.25, 0.3) is 0 Å². The predicted molar refractivity (Wildman–Crippen MR) is 135 cm³/mol. The number of benzene rings is 2. The molecule has 0 spiro atoms. The van der Waals surface area contributed by atoms with Crippen LogP contribution in [0.5, 0.6) is 0 Å². The fourth-order valence-corrected chi connectivity index (χ4v) is 3.77. The highest BCUT2D eigenvalue weighted by Gasteiger charge is 2.08. The Morgan fingerprint density at radius 2 is 1.76 bits per heavy atom. The van der Waals surface area contributed by atoms with Crippen LogP contribution in [0.2, 0.25) is 0 Å². The number of nitrogens with one attached hydrogen (secondary N) is 2. The average molecular weight is 455 g/mol. The van der Waals surface area contributed by atoms with Crippen LogP contribution < -0.4 is 10.6 Å². The lowest BCUT2D eigenvalue weighted by Crippen LogP contribution is -2.23. The van der Waals surface area contributed by atoms with Crippen LogP contribution in [-0.4, -0.2) is 33.7 Å². The van der Waals surface area contributed by atoms with Crippen LogP contribution in [0.15, 0.2) is 97.6 Å². The number of hydrogen-bond donors (Lipinski definition) is 3. The summed E-state index contributed by atoms with van der Waals surface area (Å²) in [4.78, 5) is 16.8. The monoisotopic (exact) mass is 454 g/mol. The molecule has 174 valence electrons. The van der Waals surface area contributed by atoms with Crippen LogP contribution in [0.4, 0.5) is 5.69 Å². The number of hydrogen-bond acceptors (Lipinski definition) is 4. The third-order valence-corrected chi connectivity index (χ3v) is 5.72. The third kappa shape index (κ3) is 6.88. The van der Waals surface area contributed by atoms with Crippen molar-refractivity contribution in [2.45, 2.75) is 25.5 Å². The molecule has 4 rings (SSSR count). The molecule has 4 aromatic rings. The number of carbonyl (C=O) groups excluding carboxylic acids is 1. The minimum atomic E-state index is -0.571. The number of carbonyl (C=O) groups is 1. The van der Waals surface area contributed by atoms with Crippen LogP contribution in [0.3, 0.4) is 0 Å². The van der Waals surface area contributed by atoms with Gasteiger partial charge in [0.2, 0.25) is 0 Å². The Balaban J connectivity index is 1.22. The maximum absolute atomic E-state index is 12.7. The van der Waals surface area contributed by atoms with Gasteiger partial charge < -0.3 is 20.3 Å². The zero-order valence-electron chi connectivity index (χ0n) is 19.1. The first-order valence-corrected chi connectivity index (χ1v) is 11.6. The van der Waals surface area contributed by atoms with Gasteiger partial charge in [0.25, 0.3) is 5.91 Å². The highest BCUT2D eigenvalue weighted by molar-refractivity contribution is 6.04. The second-order valence-electron chi connectivity index (χ2n) is 8.28. The molecule has 1 atom stereocenters. The number of rotatable bonds is 11. The molecular weight excluding hydrogens is 424 g/mol. The van der Waals surface area contributed by atoms with Crippen LogP contribution in [0.1, 0.15) is 33.2 Å². The number of nitrogens with zero attached hydrogens (tertiary/aromatic N) is 2. The predicted octanol–water partition coefficient (Wildman–Crippen LogP) is 4.24. The molecule has 0 radical (unpaired) electrons. The van der Waals surface area contributed by atoms with E-state index >= 15 is 0 Å². The number of pyridine rings is 1. The number of aliphatic hydroxyl groups is 1. The molecule has 2 aromatic heterocycles. The van der Waals surface area contributed by atoms with Gasteiger partial charge in [0.05, 0.1) is 6.10 Å². The lowest BCUT2D eigenvalue weighted by atomic mass is 10.1. The van der Waals surface area contributed by atoms with Crippen molar-refractivity contribution in [2.24, 2.45) is 0 Å². The summed E-state index contributed by atoms with van der Waals surface area (Å²) in [6, 6.07) is 23.4. The van der Waals surface area contributed by atoms with Crippen molar-refractivity contribution >= 4 is 11.6 Å². The Morgan fingerprint density at radius 1 is 0.941 bits per heavy atom. The second-order valence-corrected chi connectivity index (χ2v) is 8.28. The molecule has 0 unspecified atom stereocenters. The second kappa shape index (κ2) is 11.9. The Labute approximate surface area is 200 Å². The first-order chi connectivity index (χ1) is 16.7. The van der Waals surface area contributed by atoms with Crippen LogP contribution in [-0.2, 0) is 19.4 Å². The van der Waals surface area contributed by atoms with E-state index in [4.69, 9.17) is 0 Å². The van der Waals surface area contributed by atoms with Gasteiger partial charge >= 0.3 is 0 Å². The molecular formula is C28H30N4O2. The summed E-state index contributed by atoms with van der Waals surface area (Å²) in [6.45, 7) is 2.11. The Kier molecular flexibility index (Phi) is 8.22. The number of aliphatic hydroxyl groups excluding tert-OH is 1. The van der Waals surface area contributed by atoms with Gasteiger partial charge in [-0.3, -0.25) is 9.78 Å². The number of amides is 1. The molecule has 3 N–H and O–H groups in total. The first-order valence-electron chi connectivity index (χ1n) is 11.6. The summed E-state index contributed by atoms with van der Waals surface area (Å²) >= 11 is 0. The highest BCUT2D eigenvalue weighted by atomic mass is 16.3. The summed E-state index contributed by atoms with van der Waals surface area (Å²) in [5, 5.41) is 16.4. The lowest BCUT2D eigenvalue weighted by molar-refractivity contribution is 0.102. The third-order valence-electron chi connectivity index (χ3n) is 5.72. The summed E-state index contributed by atoms with van der Waals surface area (Å²) < 4.78 is 2.13. The van der Waals surface area contributed by atoms with E-state index in [1.807, 2.05) is 79.1 Å². The van der Waals surface area contributed by atoms with Crippen molar-refractivity contribution in [2.75, 3.05) is 18.4 Å². The van der Waals surface area contributed by atoms with Gasteiger partial charge in [0.1, 0.15) is 0 Å². The molecule has 34 heavy (non-hydrogen) atoms. The van der Waals surface area contributed by atoms with Gasteiger partial charge in [0.15, 0.2) is 0 Å². The quantitative estimate of drug-likeness (QED) is 0.296. The minimum absolute atomic E-state index is 0.110. The van der Waals surface area contributed by atoms with Crippen molar-refractivity contribution in [3.63, 3.8) is 0 Å². The zero-order valence-corrected chi connectivity index (χ0v) is 19.1. The maximum Gasteiger partial charge on any atom is 0.255 e. The molecule has 0 fully saturated rings. The van der Waals surface area contributed by atoms with Crippen molar-refractivity contribution in [1.82, 2.24) is 14.9 Å². The molecule has 0 aliphatic carbocycles. The lowest BCUT2D eigenvalue weighted by Gasteiger charge is -2.12. The van der Waals surface area contributed by atoms with Crippen LogP contribution in [0, 0.1) is 0 Å². The van der Waals surface area contributed by atoms with Crippen molar-refractivity contribution < 1.29 is 9.90 Å². The Hall–Kier alpha value is -3.74. The van der Waals surface area contributed by atoms with E-state index < -0.39 is 6.10 Å². The van der Waals surface area contributed by atoms with E-state index in [2.05, 4.69) is 26.3 Å². The SMILES string of the molecule is O=C(Nc1ccc(CCNC[C@H](O)c2cccnc2)cc1)c1cccc(CCn2cccc2)c1. The van der Waals surface area contributed by atoms with Crippen LogP contribution >= 0.6 is 0 Å². The molecule has 0 saturated carbocycles. The summed E-state index contributed by atoms with van der Waals surface area (Å²) in [5.74, 6) is -0.110. The van der Waals surface area contributed by atoms with Gasteiger partial charge in [0, 0.05) is 54.7 Å². The minimum Gasteiger partial charge on any atom is -0.387 e. The largest absolute Gasteiger partial charge is 0.387 e. The molecule has 6 nitrogen and oxygen atoms in total. The van der Waals surface area contributed by atoms with Crippen molar-refractivity contribution in [3.8, 4) is 0 Å². The summed E-state index contributed by atoms with van der Waals surface area (Å²) in [6.07, 6.45) is 8.59. The molecule has 2 heterocycles. The summed E-state index contributed by atoms with van der Waals surface area (Å²) in [7, 11) is 0. The fraction of sp³-hybridized carbons (Fsp3) is 0.214. The normalized spacial score (nSPS) is 11.8. The van der Waals surface area contributed by atoms with Gasteiger partial charge in [-0.05, 0) is 73.0 Å². The van der Waals surface area contributed by atoms with Gasteiger partial charge in [-0.2, -0.15) is 0 Å². The molecule has 6 heteroatoms. The van der Waals surface area contributed by atoms with E-state index in [0.29, 0.717) is 12.1 Å². The van der Waals surface area contributed by atoms with E-state index in [1.165, 1.54) is 0 Å². The Bertz CT molecular complexity index is 1160. The molecule has 0 aliphatic rings. The van der Waals surface area contributed by atoms with E-state index in [1.54, 1.807) is 12.4 Å². The molecule has 2 aromatic carbocycles. The van der Waals surface area contributed by atoms with Crippen molar-refractivity contribution in [3.05, 3.63) is 120 Å². The van der Waals surface area contributed by atoms with Crippen molar-refractivity contribution in [1.29, 1.82) is 0 Å². The number of anilines is 1. The highest BCUT2D eigenvalue weighted by Crippen LogP contribution is 2.14. The topological polar surface area (TPSA) is 79.2 Å². The first kappa shape index (κ1) is 23.4. The molecule has 0 aliphatic heterocycles. The molecule has 0 bridgehead atoms.